The van der Waals surface area contributed by atoms with Crippen molar-refractivity contribution >= 4 is 22.3 Å². The van der Waals surface area contributed by atoms with E-state index in [1.165, 1.54) is 0 Å². The standard InChI is InChI=1S/C38H33NO/c1-39(2)27-32-25-15-16-26-33(32)38(40)36(30-21-11-5-12-22-30)34(28-17-7-3-8-18-28)35(29-19-9-4-10-20-29)37(38)31-23-13-6-14-24-31/h3-26,40H,27H2,1-2H3. The van der Waals surface area contributed by atoms with Crippen LogP contribution >= 0.6 is 0 Å². The zero-order chi connectivity index (χ0) is 27.5. The Morgan fingerprint density at radius 2 is 0.825 bits per heavy atom. The minimum Gasteiger partial charge on any atom is -0.376 e. The number of allylic oxidation sites excluding steroid dienone is 2. The average molecular weight is 520 g/mol. The van der Waals surface area contributed by atoms with E-state index in [0.717, 1.165) is 55.7 Å². The molecule has 0 aliphatic heterocycles. The van der Waals surface area contributed by atoms with Crippen molar-refractivity contribution < 1.29 is 5.11 Å². The highest BCUT2D eigenvalue weighted by molar-refractivity contribution is 6.30. The first kappa shape index (κ1) is 25.8. The first-order chi connectivity index (χ1) is 19.6. The molecule has 0 fully saturated rings. The number of benzene rings is 5. The van der Waals surface area contributed by atoms with Crippen LogP contribution in [0.4, 0.5) is 0 Å². The third-order valence-electron chi connectivity index (χ3n) is 7.62. The van der Waals surface area contributed by atoms with Gasteiger partial charge in [0.15, 0.2) is 0 Å². The fraction of sp³-hybridized carbons (Fsp3) is 0.105. The van der Waals surface area contributed by atoms with Gasteiger partial charge in [0, 0.05) is 17.7 Å². The van der Waals surface area contributed by atoms with Crippen molar-refractivity contribution in [2.45, 2.75) is 12.1 Å². The molecule has 40 heavy (non-hydrogen) atoms. The number of nitrogens with zero attached hydrogens (tertiary/aromatic N) is 1. The van der Waals surface area contributed by atoms with Crippen LogP contribution in [0.15, 0.2) is 146 Å². The maximum absolute atomic E-state index is 13.6. The molecule has 0 heterocycles. The minimum atomic E-state index is -1.41. The Morgan fingerprint density at radius 1 is 0.475 bits per heavy atom. The van der Waals surface area contributed by atoms with Crippen LogP contribution in [0.25, 0.3) is 22.3 Å². The van der Waals surface area contributed by atoms with Crippen LogP contribution in [0.1, 0.15) is 33.4 Å². The van der Waals surface area contributed by atoms with Gasteiger partial charge in [0.1, 0.15) is 5.60 Å². The third-order valence-corrected chi connectivity index (χ3v) is 7.62. The Kier molecular flexibility index (Phi) is 7.04. The third kappa shape index (κ3) is 4.52. The summed E-state index contributed by atoms with van der Waals surface area (Å²) in [4.78, 5) is 2.16. The predicted octanol–water partition coefficient (Wildman–Crippen LogP) is 8.17. The second-order valence-corrected chi connectivity index (χ2v) is 10.6. The Labute approximate surface area is 237 Å². The summed E-state index contributed by atoms with van der Waals surface area (Å²) < 4.78 is 0. The molecule has 0 unspecified atom stereocenters. The topological polar surface area (TPSA) is 23.5 Å². The van der Waals surface area contributed by atoms with Crippen molar-refractivity contribution in [2.75, 3.05) is 14.1 Å². The molecule has 1 aliphatic rings. The van der Waals surface area contributed by atoms with Gasteiger partial charge in [0.2, 0.25) is 0 Å². The lowest BCUT2D eigenvalue weighted by Crippen LogP contribution is -2.30. The van der Waals surface area contributed by atoms with E-state index < -0.39 is 5.60 Å². The van der Waals surface area contributed by atoms with Gasteiger partial charge < -0.3 is 10.0 Å². The molecule has 0 saturated carbocycles. The molecule has 0 atom stereocenters. The normalized spacial score (nSPS) is 14.7. The highest BCUT2D eigenvalue weighted by Crippen LogP contribution is 2.61. The molecule has 5 aromatic carbocycles. The molecule has 0 spiro atoms. The molecule has 5 aromatic rings. The molecule has 196 valence electrons. The Balaban J connectivity index is 1.82. The largest absolute Gasteiger partial charge is 0.376 e. The quantitative estimate of drug-likeness (QED) is 0.234. The van der Waals surface area contributed by atoms with Gasteiger partial charge in [-0.25, -0.2) is 0 Å². The summed E-state index contributed by atoms with van der Waals surface area (Å²) in [6.07, 6.45) is 0. The summed E-state index contributed by atoms with van der Waals surface area (Å²) in [6, 6.07) is 50.1. The number of hydrogen-bond donors (Lipinski definition) is 1. The number of hydrogen-bond acceptors (Lipinski definition) is 2. The Hall–Kier alpha value is -4.50. The zero-order valence-corrected chi connectivity index (χ0v) is 23.0. The lowest BCUT2D eigenvalue weighted by atomic mass is 9.75. The summed E-state index contributed by atoms with van der Waals surface area (Å²) in [7, 11) is 4.14. The fourth-order valence-electron chi connectivity index (χ4n) is 6.06. The molecule has 0 amide bonds. The second-order valence-electron chi connectivity index (χ2n) is 10.6. The molecular weight excluding hydrogens is 486 g/mol. The van der Waals surface area contributed by atoms with Gasteiger partial charge >= 0.3 is 0 Å². The smallest absolute Gasteiger partial charge is 0.143 e. The molecule has 2 nitrogen and oxygen atoms in total. The number of aliphatic hydroxyl groups is 1. The van der Waals surface area contributed by atoms with Crippen molar-refractivity contribution in [2.24, 2.45) is 0 Å². The van der Waals surface area contributed by atoms with Crippen molar-refractivity contribution in [3.63, 3.8) is 0 Å². The van der Waals surface area contributed by atoms with Crippen LogP contribution in [0.2, 0.25) is 0 Å². The van der Waals surface area contributed by atoms with Crippen LogP contribution in [0, 0.1) is 0 Å². The van der Waals surface area contributed by atoms with E-state index in [4.69, 9.17) is 0 Å². The SMILES string of the molecule is CN(C)Cc1ccccc1C1(O)C(c2ccccc2)=C(c2ccccc2)C(c2ccccc2)=C1c1ccccc1. The molecule has 0 aromatic heterocycles. The first-order valence-corrected chi connectivity index (χ1v) is 13.8. The lowest BCUT2D eigenvalue weighted by molar-refractivity contribution is 0.165. The predicted molar refractivity (Wildman–Crippen MR) is 167 cm³/mol. The van der Waals surface area contributed by atoms with Gasteiger partial charge in [-0.15, -0.1) is 0 Å². The summed E-state index contributed by atoms with van der Waals surface area (Å²) in [5, 5.41) is 13.6. The summed E-state index contributed by atoms with van der Waals surface area (Å²) in [5.41, 5.74) is 8.67. The zero-order valence-electron chi connectivity index (χ0n) is 23.0. The van der Waals surface area contributed by atoms with Crippen LogP contribution in [-0.2, 0) is 12.1 Å². The molecular formula is C38H33NO. The Morgan fingerprint density at radius 3 is 1.23 bits per heavy atom. The molecule has 0 saturated heterocycles. The monoisotopic (exact) mass is 519 g/mol. The van der Waals surface area contributed by atoms with Gasteiger partial charge in [-0.2, -0.15) is 0 Å². The van der Waals surface area contributed by atoms with Crippen LogP contribution in [-0.4, -0.2) is 24.1 Å². The van der Waals surface area contributed by atoms with E-state index in [0.29, 0.717) is 6.54 Å². The van der Waals surface area contributed by atoms with Gasteiger partial charge in [-0.3, -0.25) is 0 Å². The van der Waals surface area contributed by atoms with Crippen molar-refractivity contribution in [3.05, 3.63) is 179 Å². The van der Waals surface area contributed by atoms with Crippen molar-refractivity contribution in [3.8, 4) is 0 Å². The highest BCUT2D eigenvalue weighted by atomic mass is 16.3. The summed E-state index contributed by atoms with van der Waals surface area (Å²) >= 11 is 0. The van der Waals surface area contributed by atoms with E-state index >= 15 is 0 Å². The molecule has 0 bridgehead atoms. The van der Waals surface area contributed by atoms with Crippen LogP contribution in [0.3, 0.4) is 0 Å². The maximum atomic E-state index is 13.6. The van der Waals surface area contributed by atoms with E-state index in [9.17, 15) is 5.11 Å². The summed E-state index contributed by atoms with van der Waals surface area (Å²) in [5.74, 6) is 0. The summed E-state index contributed by atoms with van der Waals surface area (Å²) in [6.45, 7) is 0.712. The van der Waals surface area contributed by atoms with E-state index in [1.54, 1.807) is 0 Å². The number of rotatable bonds is 7. The first-order valence-electron chi connectivity index (χ1n) is 13.8. The molecule has 1 aliphatic carbocycles. The highest BCUT2D eigenvalue weighted by Gasteiger charge is 2.49. The fourth-order valence-corrected chi connectivity index (χ4v) is 6.06. The molecule has 2 heteroatoms. The van der Waals surface area contributed by atoms with Crippen molar-refractivity contribution in [1.29, 1.82) is 0 Å². The second kappa shape index (κ2) is 10.9. The van der Waals surface area contributed by atoms with Crippen LogP contribution < -0.4 is 0 Å². The molecule has 0 radical (unpaired) electrons. The van der Waals surface area contributed by atoms with Crippen molar-refractivity contribution in [1.82, 2.24) is 4.90 Å². The van der Waals surface area contributed by atoms with E-state index in [1.807, 2.05) is 30.3 Å². The van der Waals surface area contributed by atoms with E-state index in [2.05, 4.69) is 134 Å². The van der Waals surface area contributed by atoms with Gasteiger partial charge in [-0.1, -0.05) is 146 Å². The average Bonchev–Trinajstić information content (AvgIpc) is 3.28. The van der Waals surface area contributed by atoms with Crippen LogP contribution in [0.5, 0.6) is 0 Å². The molecule has 6 rings (SSSR count). The Bertz CT molecular complexity index is 1570. The molecule has 1 N–H and O–H groups in total. The maximum Gasteiger partial charge on any atom is 0.143 e. The van der Waals surface area contributed by atoms with Gasteiger partial charge in [-0.05, 0) is 58.6 Å². The van der Waals surface area contributed by atoms with E-state index in [-0.39, 0.29) is 0 Å². The lowest BCUT2D eigenvalue weighted by Gasteiger charge is -2.34. The minimum absolute atomic E-state index is 0.712. The van der Waals surface area contributed by atoms with Gasteiger partial charge in [0.05, 0.1) is 0 Å². The van der Waals surface area contributed by atoms with Gasteiger partial charge in [0.25, 0.3) is 0 Å².